The van der Waals surface area contributed by atoms with Gasteiger partial charge in [-0.2, -0.15) is 5.26 Å². The zero-order valence-electron chi connectivity index (χ0n) is 11.4. The van der Waals surface area contributed by atoms with Gasteiger partial charge in [0.2, 0.25) is 0 Å². The van der Waals surface area contributed by atoms with Gasteiger partial charge in [-0.05, 0) is 29.8 Å². The SMILES string of the molecule is N#Cc1ccc(COc2ccc([B-](F)(F)F)cc2)cc1.[K+]. The number of nitriles is 1. The summed E-state index contributed by atoms with van der Waals surface area (Å²) in [4.78, 5) is 0. The topological polar surface area (TPSA) is 33.0 Å². The van der Waals surface area contributed by atoms with Crippen LogP contribution >= 0.6 is 0 Å². The molecule has 0 amide bonds. The van der Waals surface area contributed by atoms with Gasteiger partial charge < -0.3 is 17.7 Å². The molecule has 21 heavy (non-hydrogen) atoms. The van der Waals surface area contributed by atoms with Gasteiger partial charge >= 0.3 is 58.4 Å². The Hall–Kier alpha value is -0.779. The van der Waals surface area contributed by atoms with Gasteiger partial charge in [-0.1, -0.05) is 24.3 Å². The normalized spacial score (nSPS) is 10.4. The Balaban J connectivity index is 0.00000220. The van der Waals surface area contributed by atoms with E-state index in [1.165, 1.54) is 12.1 Å². The average Bonchev–Trinajstić information content (AvgIpc) is 2.45. The second-order valence-electron chi connectivity index (χ2n) is 4.24. The maximum atomic E-state index is 12.4. The molecule has 0 saturated heterocycles. The summed E-state index contributed by atoms with van der Waals surface area (Å²) in [6.07, 6.45) is 0. The van der Waals surface area contributed by atoms with Crippen LogP contribution in [0.25, 0.3) is 0 Å². The van der Waals surface area contributed by atoms with Gasteiger partial charge in [-0.3, -0.25) is 0 Å². The van der Waals surface area contributed by atoms with E-state index in [9.17, 15) is 12.9 Å². The fourth-order valence-electron chi connectivity index (χ4n) is 1.62. The standard InChI is InChI=1S/C14H10BF3NO.K/c16-15(17,18)13-5-7-14(8-6-13)20-10-12-3-1-11(9-19)2-4-12;/h1-8H,10H2;/q-1;+1. The molecule has 0 saturated carbocycles. The summed E-state index contributed by atoms with van der Waals surface area (Å²) in [5, 5.41) is 8.66. The predicted molar refractivity (Wildman–Crippen MR) is 70.6 cm³/mol. The number of nitrogens with zero attached hydrogens (tertiary/aromatic N) is 1. The Kier molecular flexibility index (Phi) is 6.97. The summed E-state index contributed by atoms with van der Waals surface area (Å²) in [5.41, 5.74) is 0.745. The molecule has 102 valence electrons. The molecular weight excluding hydrogens is 305 g/mol. The first-order valence-corrected chi connectivity index (χ1v) is 5.91. The van der Waals surface area contributed by atoms with E-state index in [-0.39, 0.29) is 58.0 Å². The Bertz CT molecular complexity index is 621. The van der Waals surface area contributed by atoms with E-state index in [1.54, 1.807) is 24.3 Å². The van der Waals surface area contributed by atoms with Crippen molar-refractivity contribution in [3.8, 4) is 11.8 Å². The van der Waals surface area contributed by atoms with Gasteiger partial charge in [-0.15, -0.1) is 5.46 Å². The van der Waals surface area contributed by atoms with Crippen molar-refractivity contribution in [3.63, 3.8) is 0 Å². The molecule has 0 heterocycles. The van der Waals surface area contributed by atoms with Gasteiger partial charge in [0.05, 0.1) is 11.6 Å². The number of rotatable bonds is 4. The van der Waals surface area contributed by atoms with Gasteiger partial charge in [0.1, 0.15) is 12.4 Å². The van der Waals surface area contributed by atoms with Crippen LogP contribution in [0.15, 0.2) is 48.5 Å². The first kappa shape index (κ1) is 18.3. The van der Waals surface area contributed by atoms with Crippen LogP contribution in [0.2, 0.25) is 0 Å². The van der Waals surface area contributed by atoms with E-state index in [2.05, 4.69) is 0 Å². The van der Waals surface area contributed by atoms with Crippen molar-refractivity contribution >= 4 is 12.4 Å². The molecule has 0 aliphatic heterocycles. The molecule has 0 aliphatic carbocycles. The molecule has 0 N–H and O–H groups in total. The van der Waals surface area contributed by atoms with Crippen molar-refractivity contribution in [2.24, 2.45) is 0 Å². The van der Waals surface area contributed by atoms with Gasteiger partial charge in [0.15, 0.2) is 0 Å². The monoisotopic (exact) mass is 315 g/mol. The van der Waals surface area contributed by atoms with Crippen molar-refractivity contribution in [2.45, 2.75) is 6.61 Å². The molecule has 0 aliphatic rings. The Morgan fingerprint density at radius 2 is 1.52 bits per heavy atom. The van der Waals surface area contributed by atoms with Crippen LogP contribution in [0.1, 0.15) is 11.1 Å². The molecule has 2 aromatic carbocycles. The third-order valence-electron chi connectivity index (χ3n) is 2.75. The smallest absolute Gasteiger partial charge is 0.489 e. The Morgan fingerprint density at radius 1 is 0.952 bits per heavy atom. The Labute approximate surface area is 163 Å². The van der Waals surface area contributed by atoms with Crippen LogP contribution in [0.3, 0.4) is 0 Å². The second-order valence-corrected chi connectivity index (χ2v) is 4.24. The van der Waals surface area contributed by atoms with E-state index in [4.69, 9.17) is 10.00 Å². The third kappa shape index (κ3) is 5.49. The van der Waals surface area contributed by atoms with Gasteiger partial charge in [-0.25, -0.2) is 0 Å². The van der Waals surface area contributed by atoms with E-state index in [0.717, 1.165) is 17.7 Å². The minimum absolute atomic E-state index is 0. The van der Waals surface area contributed by atoms with Crippen molar-refractivity contribution in [2.75, 3.05) is 0 Å². The number of hydrogen-bond donors (Lipinski definition) is 0. The number of benzene rings is 2. The summed E-state index contributed by atoms with van der Waals surface area (Å²) in [6.45, 7) is -4.73. The van der Waals surface area contributed by atoms with E-state index in [0.29, 0.717) is 11.3 Å². The Morgan fingerprint density at radius 3 is 2.00 bits per heavy atom. The van der Waals surface area contributed by atoms with E-state index in [1.807, 2.05) is 6.07 Å². The summed E-state index contributed by atoms with van der Waals surface area (Å²) >= 11 is 0. The predicted octanol–water partition coefficient (Wildman–Crippen LogP) is 0.196. The van der Waals surface area contributed by atoms with E-state index < -0.39 is 12.4 Å². The maximum absolute atomic E-state index is 12.4. The van der Waals surface area contributed by atoms with Crippen molar-refractivity contribution < 1.29 is 69.1 Å². The zero-order chi connectivity index (χ0) is 14.6. The molecule has 2 aromatic rings. The fourth-order valence-corrected chi connectivity index (χ4v) is 1.62. The van der Waals surface area contributed by atoms with Crippen molar-refractivity contribution in [1.82, 2.24) is 0 Å². The van der Waals surface area contributed by atoms with Crippen LogP contribution < -0.4 is 61.6 Å². The molecule has 2 rings (SSSR count). The number of halogens is 3. The summed E-state index contributed by atoms with van der Waals surface area (Å²) in [5.74, 6) is 0.373. The van der Waals surface area contributed by atoms with Crippen LogP contribution in [-0.4, -0.2) is 6.98 Å². The zero-order valence-corrected chi connectivity index (χ0v) is 14.5. The largest absolute Gasteiger partial charge is 1.00 e. The molecule has 0 unspecified atom stereocenters. The minimum atomic E-state index is -4.97. The quantitative estimate of drug-likeness (QED) is 0.755. The molecule has 0 bridgehead atoms. The number of ether oxygens (including phenoxy) is 1. The molecule has 0 atom stereocenters. The molecule has 0 radical (unpaired) electrons. The number of hydrogen-bond acceptors (Lipinski definition) is 2. The summed E-state index contributed by atoms with van der Waals surface area (Å²) in [7, 11) is 0. The molecule has 0 spiro atoms. The molecule has 2 nitrogen and oxygen atoms in total. The summed E-state index contributed by atoms with van der Waals surface area (Å²) in [6, 6.07) is 13.4. The molecule has 7 heteroatoms. The van der Waals surface area contributed by atoms with Crippen LogP contribution in [0.4, 0.5) is 12.9 Å². The first-order valence-electron chi connectivity index (χ1n) is 5.91. The first-order chi connectivity index (χ1) is 9.49. The van der Waals surface area contributed by atoms with Crippen LogP contribution in [0.5, 0.6) is 5.75 Å². The average molecular weight is 315 g/mol. The summed E-state index contributed by atoms with van der Waals surface area (Å²) < 4.78 is 42.7. The van der Waals surface area contributed by atoms with Gasteiger partial charge in [0.25, 0.3) is 0 Å². The molecule has 0 aromatic heterocycles. The third-order valence-corrected chi connectivity index (χ3v) is 2.75. The van der Waals surface area contributed by atoms with Crippen molar-refractivity contribution in [3.05, 3.63) is 59.7 Å². The second kappa shape index (κ2) is 8.01. The minimum Gasteiger partial charge on any atom is -0.489 e. The van der Waals surface area contributed by atoms with E-state index >= 15 is 0 Å². The van der Waals surface area contributed by atoms with Crippen molar-refractivity contribution in [1.29, 1.82) is 5.26 Å². The maximum Gasteiger partial charge on any atom is 1.00 e. The molecule has 0 fully saturated rings. The van der Waals surface area contributed by atoms with Crippen LogP contribution in [-0.2, 0) is 6.61 Å². The molecular formula is C14H10BF3KNO. The van der Waals surface area contributed by atoms with Gasteiger partial charge in [0, 0.05) is 0 Å². The fraction of sp³-hybridized carbons (Fsp3) is 0.0714. The van der Waals surface area contributed by atoms with Crippen LogP contribution in [0, 0.1) is 11.3 Å².